The molecule has 2 heterocycles. The van der Waals surface area contributed by atoms with Crippen molar-refractivity contribution in [3.8, 4) is 11.5 Å². The number of H-pyrrole nitrogens is 1. The quantitative estimate of drug-likeness (QED) is 0.484. The first-order valence-corrected chi connectivity index (χ1v) is 10.5. The van der Waals surface area contributed by atoms with Crippen LogP contribution in [0.4, 0.5) is 20.4 Å². The minimum atomic E-state index is -4.60. The van der Waals surface area contributed by atoms with Crippen molar-refractivity contribution in [3.05, 3.63) is 77.3 Å². The van der Waals surface area contributed by atoms with Gasteiger partial charge in [-0.05, 0) is 18.2 Å². The molecule has 29 heavy (non-hydrogen) atoms. The molecule has 0 amide bonds. The van der Waals surface area contributed by atoms with Gasteiger partial charge in [0.15, 0.2) is 17.4 Å². The molecule has 0 bridgehead atoms. The number of thiazole rings is 1. The van der Waals surface area contributed by atoms with E-state index in [1.807, 2.05) is 0 Å². The van der Waals surface area contributed by atoms with Crippen LogP contribution in [-0.2, 0) is 10.0 Å². The normalized spacial score (nSPS) is 11.4. The van der Waals surface area contributed by atoms with E-state index in [0.29, 0.717) is 6.07 Å². The Morgan fingerprint density at radius 3 is 2.55 bits per heavy atom. The summed E-state index contributed by atoms with van der Waals surface area (Å²) in [4.78, 5) is 3.08. The van der Waals surface area contributed by atoms with Crippen LogP contribution in [0.15, 0.2) is 70.5 Å². The molecular formula is C18H12F2N4O3S2. The number of rotatable bonds is 6. The van der Waals surface area contributed by atoms with E-state index in [2.05, 4.69) is 15.2 Å². The topological polar surface area (TPSA) is 88.2 Å². The lowest BCUT2D eigenvalue weighted by atomic mass is 10.3. The SMILES string of the molecule is O=S(=O)(c1cc(F)cc(Oc2ccccc2)c1F)N(c1cscn1)c1ccn[nH]1. The third kappa shape index (κ3) is 3.69. The number of halogens is 2. The minimum absolute atomic E-state index is 0.00781. The maximum Gasteiger partial charge on any atom is 0.274 e. The van der Waals surface area contributed by atoms with E-state index in [-0.39, 0.29) is 17.4 Å². The zero-order valence-electron chi connectivity index (χ0n) is 14.5. The van der Waals surface area contributed by atoms with Crippen LogP contribution >= 0.6 is 11.3 Å². The Bertz CT molecular complexity index is 1180. The lowest BCUT2D eigenvalue weighted by Crippen LogP contribution is -2.28. The summed E-state index contributed by atoms with van der Waals surface area (Å²) in [5, 5.41) is 7.68. The number of nitrogens with zero attached hydrogens (tertiary/aromatic N) is 3. The van der Waals surface area contributed by atoms with Gasteiger partial charge in [0, 0.05) is 17.5 Å². The largest absolute Gasteiger partial charge is 0.454 e. The Hall–Kier alpha value is -3.31. The van der Waals surface area contributed by atoms with Gasteiger partial charge < -0.3 is 4.74 Å². The van der Waals surface area contributed by atoms with Crippen molar-refractivity contribution in [3.63, 3.8) is 0 Å². The average molecular weight is 434 g/mol. The van der Waals surface area contributed by atoms with Crippen molar-refractivity contribution >= 4 is 33.0 Å². The Morgan fingerprint density at radius 2 is 1.90 bits per heavy atom. The summed E-state index contributed by atoms with van der Waals surface area (Å²) in [5.74, 6) is -2.50. The summed E-state index contributed by atoms with van der Waals surface area (Å²) in [6, 6.07) is 10.8. The van der Waals surface area contributed by atoms with Gasteiger partial charge in [0.25, 0.3) is 10.0 Å². The molecule has 1 N–H and O–H groups in total. The first-order chi connectivity index (χ1) is 14.0. The number of aromatic amines is 1. The smallest absolute Gasteiger partial charge is 0.274 e. The van der Waals surface area contributed by atoms with Crippen molar-refractivity contribution < 1.29 is 21.9 Å². The number of para-hydroxylation sites is 1. The molecule has 148 valence electrons. The second-order valence-corrected chi connectivity index (χ2v) is 8.16. The number of ether oxygens (including phenoxy) is 1. The zero-order chi connectivity index (χ0) is 20.4. The highest BCUT2D eigenvalue weighted by atomic mass is 32.2. The molecule has 0 fully saturated rings. The van der Waals surface area contributed by atoms with Gasteiger partial charge in [-0.25, -0.2) is 22.2 Å². The lowest BCUT2D eigenvalue weighted by Gasteiger charge is -2.21. The van der Waals surface area contributed by atoms with E-state index < -0.39 is 32.3 Å². The number of hydrogen-bond acceptors (Lipinski definition) is 6. The van der Waals surface area contributed by atoms with Gasteiger partial charge in [0.2, 0.25) is 0 Å². The van der Waals surface area contributed by atoms with Gasteiger partial charge in [-0.1, -0.05) is 18.2 Å². The molecule has 0 aliphatic rings. The Morgan fingerprint density at radius 1 is 1.10 bits per heavy atom. The third-order valence-electron chi connectivity index (χ3n) is 3.79. The number of sulfonamides is 1. The molecule has 0 radical (unpaired) electrons. The fourth-order valence-corrected chi connectivity index (χ4v) is 4.64. The molecule has 4 rings (SSSR count). The number of aromatic nitrogens is 3. The molecule has 0 spiro atoms. The summed E-state index contributed by atoms with van der Waals surface area (Å²) in [6.07, 6.45) is 1.33. The molecule has 0 saturated carbocycles. The van der Waals surface area contributed by atoms with Gasteiger partial charge in [0.05, 0.1) is 11.7 Å². The summed E-state index contributed by atoms with van der Waals surface area (Å²) < 4.78 is 62.0. The Balaban J connectivity index is 1.84. The van der Waals surface area contributed by atoms with E-state index in [1.54, 1.807) is 18.2 Å². The summed E-state index contributed by atoms with van der Waals surface area (Å²) in [6.45, 7) is 0. The van der Waals surface area contributed by atoms with Crippen LogP contribution in [0.25, 0.3) is 0 Å². The highest BCUT2D eigenvalue weighted by molar-refractivity contribution is 7.93. The van der Waals surface area contributed by atoms with Gasteiger partial charge in [0.1, 0.15) is 22.3 Å². The Kier molecular flexibility index (Phi) is 4.99. The predicted octanol–water partition coefficient (Wildman–Crippen LogP) is 4.46. The second-order valence-electron chi connectivity index (χ2n) is 5.69. The molecule has 2 aromatic heterocycles. The van der Waals surface area contributed by atoms with Crippen molar-refractivity contribution in [1.29, 1.82) is 0 Å². The fraction of sp³-hybridized carbons (Fsp3) is 0. The van der Waals surface area contributed by atoms with Crippen molar-refractivity contribution in [2.24, 2.45) is 0 Å². The molecule has 0 unspecified atom stereocenters. The number of anilines is 2. The van der Waals surface area contributed by atoms with Crippen LogP contribution in [-0.4, -0.2) is 23.6 Å². The van der Waals surface area contributed by atoms with E-state index in [4.69, 9.17) is 4.74 Å². The van der Waals surface area contributed by atoms with Gasteiger partial charge >= 0.3 is 0 Å². The number of nitrogens with one attached hydrogen (secondary N) is 1. The standard InChI is InChI=1S/C18H12F2N4O3S2/c19-12-8-14(27-13-4-2-1-3-5-13)18(20)15(9-12)29(25,26)24(16-6-7-22-23-16)17-10-28-11-21-17/h1-11H,(H,22,23). The minimum Gasteiger partial charge on any atom is -0.454 e. The van der Waals surface area contributed by atoms with Gasteiger partial charge in [-0.2, -0.15) is 9.40 Å². The molecule has 11 heteroatoms. The maximum absolute atomic E-state index is 15.1. The average Bonchev–Trinajstić information content (AvgIpc) is 3.40. The van der Waals surface area contributed by atoms with E-state index >= 15 is 4.39 Å². The van der Waals surface area contributed by atoms with Crippen molar-refractivity contribution in [1.82, 2.24) is 15.2 Å². The molecule has 0 saturated heterocycles. The first-order valence-electron chi connectivity index (χ1n) is 8.11. The molecule has 7 nitrogen and oxygen atoms in total. The molecule has 4 aromatic rings. The molecule has 0 aliphatic heterocycles. The van der Waals surface area contributed by atoms with Gasteiger partial charge in [-0.15, -0.1) is 11.3 Å². The monoisotopic (exact) mass is 434 g/mol. The van der Waals surface area contributed by atoms with Crippen molar-refractivity contribution in [2.75, 3.05) is 4.31 Å². The van der Waals surface area contributed by atoms with Crippen LogP contribution in [0.2, 0.25) is 0 Å². The second kappa shape index (κ2) is 7.60. The summed E-state index contributed by atoms with van der Waals surface area (Å²) >= 11 is 1.14. The lowest BCUT2D eigenvalue weighted by molar-refractivity contribution is 0.425. The van der Waals surface area contributed by atoms with Crippen LogP contribution in [0.1, 0.15) is 0 Å². The summed E-state index contributed by atoms with van der Waals surface area (Å²) in [5.41, 5.74) is 1.42. The fourth-order valence-electron chi connectivity index (χ4n) is 2.56. The van der Waals surface area contributed by atoms with Crippen LogP contribution in [0, 0.1) is 11.6 Å². The number of benzene rings is 2. The van der Waals surface area contributed by atoms with E-state index in [1.165, 1.54) is 35.3 Å². The van der Waals surface area contributed by atoms with Crippen LogP contribution in [0.5, 0.6) is 11.5 Å². The molecule has 0 atom stereocenters. The highest BCUT2D eigenvalue weighted by Gasteiger charge is 2.33. The Labute approximate surface area is 168 Å². The first kappa shape index (κ1) is 19.0. The van der Waals surface area contributed by atoms with Gasteiger partial charge in [-0.3, -0.25) is 5.10 Å². The zero-order valence-corrected chi connectivity index (χ0v) is 16.1. The maximum atomic E-state index is 15.1. The predicted molar refractivity (Wildman–Crippen MR) is 103 cm³/mol. The molecular weight excluding hydrogens is 422 g/mol. The molecule has 2 aromatic carbocycles. The highest BCUT2D eigenvalue weighted by Crippen LogP contribution is 2.35. The molecule has 0 aliphatic carbocycles. The number of hydrogen-bond donors (Lipinski definition) is 1. The summed E-state index contributed by atoms with van der Waals surface area (Å²) in [7, 11) is -4.60. The van der Waals surface area contributed by atoms with Crippen LogP contribution < -0.4 is 9.04 Å². The van der Waals surface area contributed by atoms with E-state index in [0.717, 1.165) is 21.7 Å². The van der Waals surface area contributed by atoms with E-state index in [9.17, 15) is 12.8 Å². The van der Waals surface area contributed by atoms with Crippen molar-refractivity contribution in [2.45, 2.75) is 4.90 Å². The third-order valence-corrected chi connectivity index (χ3v) is 6.08. The van der Waals surface area contributed by atoms with Crippen LogP contribution in [0.3, 0.4) is 0 Å².